The molecule has 0 spiro atoms. The first-order valence-corrected chi connectivity index (χ1v) is 7.49. The zero-order valence-electron chi connectivity index (χ0n) is 10.4. The Morgan fingerprint density at radius 3 is 2.63 bits per heavy atom. The summed E-state index contributed by atoms with van der Waals surface area (Å²) >= 11 is 12.8. The highest BCUT2D eigenvalue weighted by atomic mass is 79.9. The van der Waals surface area contributed by atoms with Crippen LogP contribution >= 0.6 is 43.5 Å². The van der Waals surface area contributed by atoms with Crippen LogP contribution in [0.25, 0.3) is 0 Å². The highest BCUT2D eigenvalue weighted by Crippen LogP contribution is 2.32. The number of rotatable bonds is 4. The van der Waals surface area contributed by atoms with Crippen molar-refractivity contribution in [1.82, 2.24) is 0 Å². The van der Waals surface area contributed by atoms with E-state index in [9.17, 15) is 0 Å². The van der Waals surface area contributed by atoms with Crippen molar-refractivity contribution in [3.05, 3.63) is 43.7 Å². The molecule has 2 rings (SSSR count). The second kappa shape index (κ2) is 6.20. The fraction of sp³-hybridized carbons (Fsp3) is 0.231. The SMILES string of the molecule is COc1cc(Cl)c(C)cc1NCc1cc(Br)c(Br)o1. The number of furan rings is 1. The summed E-state index contributed by atoms with van der Waals surface area (Å²) in [4.78, 5) is 0. The number of nitrogens with one attached hydrogen (secondary N) is 1. The van der Waals surface area contributed by atoms with Gasteiger partial charge in [-0.1, -0.05) is 11.6 Å². The molecule has 0 bridgehead atoms. The van der Waals surface area contributed by atoms with Gasteiger partial charge >= 0.3 is 0 Å². The lowest BCUT2D eigenvalue weighted by Gasteiger charge is -2.12. The predicted molar refractivity (Wildman–Crippen MR) is 84.2 cm³/mol. The van der Waals surface area contributed by atoms with Gasteiger partial charge in [-0.25, -0.2) is 0 Å². The van der Waals surface area contributed by atoms with E-state index in [0.717, 1.165) is 21.5 Å². The van der Waals surface area contributed by atoms with Gasteiger partial charge in [-0.05, 0) is 56.5 Å². The summed E-state index contributed by atoms with van der Waals surface area (Å²) in [7, 11) is 1.62. The maximum atomic E-state index is 6.07. The predicted octanol–water partition coefficient (Wildman–Crippen LogP) is 5.39. The number of methoxy groups -OCH3 is 1. The first-order valence-electron chi connectivity index (χ1n) is 5.53. The molecule has 3 nitrogen and oxygen atoms in total. The van der Waals surface area contributed by atoms with E-state index in [1.807, 2.05) is 19.1 Å². The van der Waals surface area contributed by atoms with Crippen molar-refractivity contribution in [3.8, 4) is 5.75 Å². The zero-order chi connectivity index (χ0) is 14.0. The molecule has 1 N–H and O–H groups in total. The lowest BCUT2D eigenvalue weighted by Crippen LogP contribution is -2.01. The summed E-state index contributed by atoms with van der Waals surface area (Å²) in [6.45, 7) is 2.51. The van der Waals surface area contributed by atoms with Crippen LogP contribution in [0, 0.1) is 6.92 Å². The summed E-state index contributed by atoms with van der Waals surface area (Å²) < 4.78 is 12.4. The quantitative estimate of drug-likeness (QED) is 0.736. The van der Waals surface area contributed by atoms with E-state index in [0.29, 0.717) is 22.0 Å². The van der Waals surface area contributed by atoms with Crippen molar-refractivity contribution in [1.29, 1.82) is 0 Å². The standard InChI is InChI=1S/C13H12Br2ClNO2/c1-7-3-11(12(18-2)5-10(7)16)17-6-8-4-9(14)13(15)19-8/h3-5,17H,6H2,1-2H3. The summed E-state index contributed by atoms with van der Waals surface area (Å²) in [5.41, 5.74) is 1.87. The molecule has 0 radical (unpaired) electrons. The molecule has 0 saturated carbocycles. The minimum atomic E-state index is 0.557. The van der Waals surface area contributed by atoms with Gasteiger partial charge in [-0.15, -0.1) is 0 Å². The van der Waals surface area contributed by atoms with Crippen molar-refractivity contribution < 1.29 is 9.15 Å². The van der Waals surface area contributed by atoms with E-state index in [2.05, 4.69) is 37.2 Å². The number of ether oxygens (including phenoxy) is 1. The van der Waals surface area contributed by atoms with E-state index in [1.54, 1.807) is 13.2 Å². The Morgan fingerprint density at radius 1 is 1.32 bits per heavy atom. The smallest absolute Gasteiger partial charge is 0.183 e. The molecule has 0 aliphatic heterocycles. The number of aryl methyl sites for hydroxylation is 1. The molecule has 0 saturated heterocycles. The Balaban J connectivity index is 2.17. The summed E-state index contributed by atoms with van der Waals surface area (Å²) in [6, 6.07) is 5.66. The van der Waals surface area contributed by atoms with Crippen molar-refractivity contribution in [2.24, 2.45) is 0 Å². The molecule has 1 aromatic carbocycles. The van der Waals surface area contributed by atoms with Gasteiger partial charge in [0.05, 0.1) is 23.8 Å². The summed E-state index contributed by atoms with van der Waals surface area (Å²) in [5, 5.41) is 3.96. The number of hydrogen-bond acceptors (Lipinski definition) is 3. The molecule has 0 aliphatic carbocycles. The van der Waals surface area contributed by atoms with Crippen molar-refractivity contribution in [3.63, 3.8) is 0 Å². The monoisotopic (exact) mass is 407 g/mol. The molecule has 0 fully saturated rings. The maximum Gasteiger partial charge on any atom is 0.183 e. The number of halogens is 3. The van der Waals surface area contributed by atoms with Crippen LogP contribution in [0.1, 0.15) is 11.3 Å². The van der Waals surface area contributed by atoms with Crippen molar-refractivity contribution >= 4 is 49.1 Å². The molecule has 0 amide bonds. The minimum Gasteiger partial charge on any atom is -0.495 e. The van der Waals surface area contributed by atoms with Crippen LogP contribution < -0.4 is 10.1 Å². The maximum absolute atomic E-state index is 6.07. The largest absolute Gasteiger partial charge is 0.495 e. The molecule has 102 valence electrons. The van der Waals surface area contributed by atoms with Gasteiger partial charge in [-0.2, -0.15) is 0 Å². The van der Waals surface area contributed by atoms with Gasteiger partial charge < -0.3 is 14.5 Å². The Labute approximate surface area is 133 Å². The second-order valence-corrected chi connectivity index (χ2v) is 5.97. The Bertz CT molecular complexity index is 579. The molecular formula is C13H12Br2ClNO2. The third-order valence-corrected chi connectivity index (χ3v) is 4.75. The van der Waals surface area contributed by atoms with Gasteiger partial charge in [0.2, 0.25) is 0 Å². The lowest BCUT2D eigenvalue weighted by atomic mass is 10.2. The average Bonchev–Trinajstić information content (AvgIpc) is 2.69. The normalized spacial score (nSPS) is 10.6. The van der Waals surface area contributed by atoms with Crippen LogP contribution in [-0.2, 0) is 6.54 Å². The number of anilines is 1. The molecule has 1 heterocycles. The van der Waals surface area contributed by atoms with Gasteiger partial charge in [0, 0.05) is 11.1 Å². The number of benzene rings is 1. The molecule has 0 aliphatic rings. The van der Waals surface area contributed by atoms with Gasteiger partial charge in [0.15, 0.2) is 4.67 Å². The van der Waals surface area contributed by atoms with Crippen molar-refractivity contribution in [2.45, 2.75) is 13.5 Å². The topological polar surface area (TPSA) is 34.4 Å². The van der Waals surface area contributed by atoms with E-state index in [4.69, 9.17) is 20.8 Å². The van der Waals surface area contributed by atoms with Crippen LogP contribution in [0.4, 0.5) is 5.69 Å². The fourth-order valence-corrected chi connectivity index (χ4v) is 2.44. The lowest BCUT2D eigenvalue weighted by molar-refractivity contribution is 0.416. The van der Waals surface area contributed by atoms with E-state index in [-0.39, 0.29) is 0 Å². The molecule has 2 aromatic rings. The van der Waals surface area contributed by atoms with E-state index in [1.165, 1.54) is 0 Å². The Hall–Kier alpha value is -0.650. The average molecular weight is 410 g/mol. The highest BCUT2D eigenvalue weighted by Gasteiger charge is 2.09. The second-order valence-electron chi connectivity index (χ2n) is 3.99. The van der Waals surface area contributed by atoms with E-state index >= 15 is 0 Å². The molecular weight excluding hydrogens is 397 g/mol. The zero-order valence-corrected chi connectivity index (χ0v) is 14.3. The van der Waals surface area contributed by atoms with Crippen LogP contribution in [0.5, 0.6) is 5.75 Å². The van der Waals surface area contributed by atoms with Gasteiger partial charge in [0.1, 0.15) is 11.5 Å². The molecule has 0 unspecified atom stereocenters. The molecule has 6 heteroatoms. The first kappa shape index (κ1) is 14.8. The summed E-state index contributed by atoms with van der Waals surface area (Å²) in [5.74, 6) is 1.52. The number of hydrogen-bond donors (Lipinski definition) is 1. The third kappa shape index (κ3) is 3.46. The van der Waals surface area contributed by atoms with Gasteiger partial charge in [0.25, 0.3) is 0 Å². The van der Waals surface area contributed by atoms with Gasteiger partial charge in [-0.3, -0.25) is 0 Å². The van der Waals surface area contributed by atoms with Crippen LogP contribution in [0.15, 0.2) is 31.8 Å². The molecule has 0 atom stereocenters. The molecule has 1 aromatic heterocycles. The molecule has 19 heavy (non-hydrogen) atoms. The first-order chi connectivity index (χ1) is 9.01. The van der Waals surface area contributed by atoms with E-state index < -0.39 is 0 Å². The Morgan fingerprint density at radius 2 is 2.05 bits per heavy atom. The van der Waals surface area contributed by atoms with Crippen LogP contribution in [0.2, 0.25) is 5.02 Å². The summed E-state index contributed by atoms with van der Waals surface area (Å²) in [6.07, 6.45) is 0. The highest BCUT2D eigenvalue weighted by molar-refractivity contribution is 9.13. The minimum absolute atomic E-state index is 0.557. The van der Waals surface area contributed by atoms with Crippen LogP contribution in [-0.4, -0.2) is 7.11 Å². The van der Waals surface area contributed by atoms with Crippen LogP contribution in [0.3, 0.4) is 0 Å². The Kier molecular flexibility index (Phi) is 4.81. The third-order valence-electron chi connectivity index (χ3n) is 2.63. The fourth-order valence-electron chi connectivity index (χ4n) is 1.63. The van der Waals surface area contributed by atoms with Crippen molar-refractivity contribution in [2.75, 3.05) is 12.4 Å².